The molecule has 0 fully saturated rings. The molecule has 0 amide bonds. The zero-order valence-corrected chi connectivity index (χ0v) is 35.6. The summed E-state index contributed by atoms with van der Waals surface area (Å²) in [6, 6.07) is 0. The lowest BCUT2D eigenvalue weighted by atomic mass is 10.0. The Morgan fingerprint density at radius 1 is 0.655 bits per heavy atom. The number of allylic oxidation sites excluding steroid dienone is 5. The number of aliphatic hydroxyl groups excluding tert-OH is 3. The summed E-state index contributed by atoms with van der Waals surface area (Å²) in [6.07, 6.45) is 32.9. The number of esters is 2. The number of ether oxygens (including phenoxy) is 2. The minimum Gasteiger partial charge on any atom is -0.462 e. The van der Waals surface area contributed by atoms with Crippen LogP contribution in [0.2, 0.25) is 0 Å². The standard InChI is InChI=1S/C43H79O11P/c1-4-5-6-7-8-9-10-11-14-17-20-23-26-30-39(45)31-28-33-42(47)51-36-41(37-53-55(49,50)52-35-40(46)34-44)54-43(48)32-27-24-21-18-15-12-13-16-19-22-25-29-38(2)3/h11,14,20,23,26,30,38-41,44-46H,4-10,12-13,15-19,21-22,24-25,27-29,31-37H2,1-3H3,(H,49,50)/b14-11+,23-20+,30-26+/t39?,40-,41+/m0/s1. The van der Waals surface area contributed by atoms with E-state index in [1.807, 2.05) is 12.2 Å². The quantitative estimate of drug-likeness (QED) is 0.0153. The highest BCUT2D eigenvalue weighted by molar-refractivity contribution is 7.47. The van der Waals surface area contributed by atoms with Gasteiger partial charge < -0.3 is 29.7 Å². The highest BCUT2D eigenvalue weighted by Gasteiger charge is 2.27. The Morgan fingerprint density at radius 3 is 1.87 bits per heavy atom. The Bertz CT molecular complexity index is 1050. The molecule has 0 spiro atoms. The summed E-state index contributed by atoms with van der Waals surface area (Å²) < 4.78 is 32.5. The summed E-state index contributed by atoms with van der Waals surface area (Å²) in [7, 11) is -4.66. The number of carbonyl (C=O) groups excluding carboxylic acids is 2. The first-order chi connectivity index (χ1) is 26.5. The lowest BCUT2D eigenvalue weighted by Crippen LogP contribution is -2.30. The van der Waals surface area contributed by atoms with E-state index in [2.05, 4.69) is 37.4 Å². The van der Waals surface area contributed by atoms with Gasteiger partial charge >= 0.3 is 19.8 Å². The van der Waals surface area contributed by atoms with Gasteiger partial charge in [0.15, 0.2) is 6.10 Å². The van der Waals surface area contributed by atoms with Gasteiger partial charge in [0.2, 0.25) is 0 Å². The molecule has 0 aliphatic rings. The fourth-order valence-electron chi connectivity index (χ4n) is 5.72. The zero-order chi connectivity index (χ0) is 40.8. The smallest absolute Gasteiger partial charge is 0.462 e. The third kappa shape index (κ3) is 38.8. The number of hydrogen-bond donors (Lipinski definition) is 4. The Labute approximate surface area is 334 Å². The number of phosphoric ester groups is 1. The summed E-state index contributed by atoms with van der Waals surface area (Å²) in [5.41, 5.74) is 0. The van der Waals surface area contributed by atoms with Crippen LogP contribution in [0.15, 0.2) is 36.5 Å². The van der Waals surface area contributed by atoms with Gasteiger partial charge in [0, 0.05) is 12.8 Å². The molecule has 0 saturated carbocycles. The van der Waals surface area contributed by atoms with Gasteiger partial charge in [0.25, 0.3) is 0 Å². The summed E-state index contributed by atoms with van der Waals surface area (Å²) in [5.74, 6) is -0.334. The van der Waals surface area contributed by atoms with Crippen molar-refractivity contribution in [3.8, 4) is 0 Å². The van der Waals surface area contributed by atoms with Crippen LogP contribution < -0.4 is 0 Å². The van der Waals surface area contributed by atoms with Crippen LogP contribution in [-0.2, 0) is 32.7 Å². The first-order valence-corrected chi connectivity index (χ1v) is 22.9. The predicted octanol–water partition coefficient (Wildman–Crippen LogP) is 10.00. The topological polar surface area (TPSA) is 169 Å². The lowest BCUT2D eigenvalue weighted by molar-refractivity contribution is -0.161. The fraction of sp³-hybridized carbons (Fsp3) is 0.814. The predicted molar refractivity (Wildman–Crippen MR) is 220 cm³/mol. The van der Waals surface area contributed by atoms with E-state index < -0.39 is 64.5 Å². The van der Waals surface area contributed by atoms with Crippen molar-refractivity contribution in [1.29, 1.82) is 0 Å². The fourth-order valence-corrected chi connectivity index (χ4v) is 6.51. The monoisotopic (exact) mass is 803 g/mol. The summed E-state index contributed by atoms with van der Waals surface area (Å²) >= 11 is 0. The molecule has 322 valence electrons. The van der Waals surface area contributed by atoms with Crippen LogP contribution >= 0.6 is 7.82 Å². The molecule has 12 heteroatoms. The SMILES string of the molecule is CCCCCCCC/C=C/C/C=C/C=C/C(O)CCCC(=O)OC[C@H](COP(=O)(O)OC[C@@H](O)CO)OC(=O)CCCCCCCCCCCCCC(C)C. The molecular weight excluding hydrogens is 723 g/mol. The van der Waals surface area contributed by atoms with Crippen LogP contribution in [0.3, 0.4) is 0 Å². The van der Waals surface area contributed by atoms with Crippen LogP contribution in [0, 0.1) is 5.92 Å². The maximum atomic E-state index is 12.6. The molecule has 0 aromatic carbocycles. The number of carbonyl (C=O) groups is 2. The Hall–Kier alpha value is -1.85. The van der Waals surface area contributed by atoms with Gasteiger partial charge in [0.1, 0.15) is 12.7 Å². The molecule has 0 saturated heterocycles. The second-order valence-corrected chi connectivity index (χ2v) is 16.5. The third-order valence-electron chi connectivity index (χ3n) is 9.08. The molecule has 55 heavy (non-hydrogen) atoms. The summed E-state index contributed by atoms with van der Waals surface area (Å²) in [5, 5.41) is 28.6. The van der Waals surface area contributed by atoms with Gasteiger partial charge in [0.05, 0.1) is 25.9 Å². The van der Waals surface area contributed by atoms with Crippen molar-refractivity contribution in [3.63, 3.8) is 0 Å². The molecule has 0 heterocycles. The maximum Gasteiger partial charge on any atom is 0.472 e. The molecule has 4 atom stereocenters. The number of phosphoric acid groups is 1. The van der Waals surface area contributed by atoms with Crippen molar-refractivity contribution in [1.82, 2.24) is 0 Å². The first-order valence-electron chi connectivity index (χ1n) is 21.4. The number of hydrogen-bond acceptors (Lipinski definition) is 10. The van der Waals surface area contributed by atoms with Crippen molar-refractivity contribution < 1.29 is 52.9 Å². The molecule has 0 aliphatic carbocycles. The van der Waals surface area contributed by atoms with Gasteiger partial charge in [-0.05, 0) is 44.4 Å². The largest absolute Gasteiger partial charge is 0.472 e. The Kier molecular flexibility index (Phi) is 36.4. The second-order valence-electron chi connectivity index (χ2n) is 15.0. The average molecular weight is 803 g/mol. The molecule has 0 aromatic rings. The molecule has 0 aromatic heterocycles. The summed E-state index contributed by atoms with van der Waals surface area (Å²) in [4.78, 5) is 35.0. The van der Waals surface area contributed by atoms with Crippen molar-refractivity contribution in [2.24, 2.45) is 5.92 Å². The van der Waals surface area contributed by atoms with Gasteiger partial charge in [-0.15, -0.1) is 0 Å². The molecule has 0 bridgehead atoms. The van der Waals surface area contributed by atoms with Crippen LogP contribution in [0.25, 0.3) is 0 Å². The van der Waals surface area contributed by atoms with Crippen LogP contribution in [0.4, 0.5) is 0 Å². The van der Waals surface area contributed by atoms with Crippen molar-refractivity contribution in [3.05, 3.63) is 36.5 Å². The van der Waals surface area contributed by atoms with Crippen LogP contribution in [0.1, 0.15) is 175 Å². The van der Waals surface area contributed by atoms with E-state index in [4.69, 9.17) is 19.1 Å². The molecule has 4 N–H and O–H groups in total. The third-order valence-corrected chi connectivity index (χ3v) is 10.0. The van der Waals surface area contributed by atoms with E-state index in [1.165, 1.54) is 89.9 Å². The van der Waals surface area contributed by atoms with Crippen LogP contribution in [-0.4, -0.2) is 76.9 Å². The van der Waals surface area contributed by atoms with E-state index in [1.54, 1.807) is 12.2 Å². The molecule has 11 nitrogen and oxygen atoms in total. The number of rotatable bonds is 39. The highest BCUT2D eigenvalue weighted by atomic mass is 31.2. The first kappa shape index (κ1) is 53.1. The van der Waals surface area contributed by atoms with Crippen LogP contribution in [0.5, 0.6) is 0 Å². The van der Waals surface area contributed by atoms with Gasteiger partial charge in [-0.1, -0.05) is 160 Å². The maximum absolute atomic E-state index is 12.6. The average Bonchev–Trinajstić information content (AvgIpc) is 3.15. The van der Waals surface area contributed by atoms with Crippen molar-refractivity contribution in [2.45, 2.75) is 193 Å². The van der Waals surface area contributed by atoms with E-state index >= 15 is 0 Å². The highest BCUT2D eigenvalue weighted by Crippen LogP contribution is 2.43. The van der Waals surface area contributed by atoms with Gasteiger partial charge in [-0.3, -0.25) is 18.6 Å². The molecule has 0 aliphatic heterocycles. The Balaban J connectivity index is 4.48. The molecular formula is C43H79O11P. The van der Waals surface area contributed by atoms with Crippen molar-refractivity contribution in [2.75, 3.05) is 26.4 Å². The second kappa shape index (κ2) is 37.7. The van der Waals surface area contributed by atoms with Crippen molar-refractivity contribution >= 4 is 19.8 Å². The van der Waals surface area contributed by atoms with E-state index in [0.717, 1.165) is 38.0 Å². The number of aliphatic hydroxyl groups is 3. The molecule has 0 rings (SSSR count). The zero-order valence-electron chi connectivity index (χ0n) is 34.7. The van der Waals surface area contributed by atoms with E-state index in [0.29, 0.717) is 19.3 Å². The van der Waals surface area contributed by atoms with E-state index in [9.17, 15) is 29.3 Å². The Morgan fingerprint density at radius 2 is 1.24 bits per heavy atom. The van der Waals surface area contributed by atoms with Gasteiger partial charge in [-0.25, -0.2) is 4.57 Å². The summed E-state index contributed by atoms with van der Waals surface area (Å²) in [6.45, 7) is 4.46. The van der Waals surface area contributed by atoms with Gasteiger partial charge in [-0.2, -0.15) is 0 Å². The normalized spacial score (nSPS) is 14.9. The number of unbranched alkanes of at least 4 members (excludes halogenated alkanes) is 16. The lowest BCUT2D eigenvalue weighted by Gasteiger charge is -2.20. The molecule has 2 unspecified atom stereocenters. The minimum atomic E-state index is -4.66. The minimum absolute atomic E-state index is 0.0185. The molecule has 0 radical (unpaired) electrons. The van der Waals surface area contributed by atoms with E-state index in [-0.39, 0.29) is 12.8 Å².